The summed E-state index contributed by atoms with van der Waals surface area (Å²) in [6, 6.07) is -1.98. The van der Waals surface area contributed by atoms with Crippen molar-refractivity contribution in [3.05, 3.63) is 0 Å². The zero-order valence-corrected chi connectivity index (χ0v) is 11.6. The van der Waals surface area contributed by atoms with E-state index in [1.54, 1.807) is 13.8 Å². The molecule has 0 aliphatic rings. The summed E-state index contributed by atoms with van der Waals surface area (Å²) in [4.78, 5) is 33.6. The van der Waals surface area contributed by atoms with Crippen LogP contribution in [0, 0.1) is 5.92 Å². The van der Waals surface area contributed by atoms with E-state index in [4.69, 9.17) is 10.8 Å². The molecule has 7 nitrogen and oxygen atoms in total. The SMILES string of the molecule is CCCC(CC(=O)O)NC(=O)C(NC(N)=O)C(C)C. The number of carboxylic acid groups (broad SMARTS) is 1. The van der Waals surface area contributed by atoms with Gasteiger partial charge in [-0.1, -0.05) is 27.2 Å². The van der Waals surface area contributed by atoms with E-state index in [2.05, 4.69) is 10.6 Å². The molecule has 0 spiro atoms. The van der Waals surface area contributed by atoms with Crippen molar-refractivity contribution in [1.29, 1.82) is 0 Å². The highest BCUT2D eigenvalue weighted by Crippen LogP contribution is 2.06. The van der Waals surface area contributed by atoms with Gasteiger partial charge in [0.15, 0.2) is 0 Å². The van der Waals surface area contributed by atoms with E-state index in [9.17, 15) is 14.4 Å². The number of carbonyl (C=O) groups is 3. The fourth-order valence-electron chi connectivity index (χ4n) is 1.76. The first kappa shape index (κ1) is 17.2. The number of nitrogens with two attached hydrogens (primary N) is 1. The highest BCUT2D eigenvalue weighted by Gasteiger charge is 2.25. The summed E-state index contributed by atoms with van der Waals surface area (Å²) >= 11 is 0. The molecular weight excluding hydrogens is 250 g/mol. The summed E-state index contributed by atoms with van der Waals surface area (Å²) in [6.45, 7) is 5.45. The van der Waals surface area contributed by atoms with Crippen molar-refractivity contribution in [2.24, 2.45) is 11.7 Å². The summed E-state index contributed by atoms with van der Waals surface area (Å²) in [5.74, 6) is -1.52. The average Bonchev–Trinajstić information content (AvgIpc) is 2.24. The number of amides is 3. The smallest absolute Gasteiger partial charge is 0.312 e. The molecule has 0 saturated heterocycles. The zero-order valence-electron chi connectivity index (χ0n) is 11.6. The van der Waals surface area contributed by atoms with Crippen molar-refractivity contribution in [1.82, 2.24) is 10.6 Å². The lowest BCUT2D eigenvalue weighted by Crippen LogP contribution is -2.53. The first-order chi connectivity index (χ1) is 8.77. The molecule has 3 amide bonds. The molecule has 0 saturated carbocycles. The van der Waals surface area contributed by atoms with E-state index in [1.165, 1.54) is 0 Å². The highest BCUT2D eigenvalue weighted by molar-refractivity contribution is 5.87. The van der Waals surface area contributed by atoms with Gasteiger partial charge in [-0.2, -0.15) is 0 Å². The van der Waals surface area contributed by atoms with E-state index in [-0.39, 0.29) is 12.3 Å². The van der Waals surface area contributed by atoms with E-state index in [0.29, 0.717) is 6.42 Å². The van der Waals surface area contributed by atoms with Crippen LogP contribution >= 0.6 is 0 Å². The van der Waals surface area contributed by atoms with Crippen LogP contribution < -0.4 is 16.4 Å². The van der Waals surface area contributed by atoms with Gasteiger partial charge < -0.3 is 21.5 Å². The average molecular weight is 273 g/mol. The van der Waals surface area contributed by atoms with Gasteiger partial charge in [0.1, 0.15) is 6.04 Å². The Kier molecular flexibility index (Phi) is 7.55. The number of urea groups is 1. The van der Waals surface area contributed by atoms with Gasteiger partial charge in [0.25, 0.3) is 0 Å². The number of carboxylic acids is 1. The lowest BCUT2D eigenvalue weighted by molar-refractivity contribution is -0.137. The second kappa shape index (κ2) is 8.34. The Morgan fingerprint density at radius 1 is 1.21 bits per heavy atom. The molecule has 19 heavy (non-hydrogen) atoms. The molecule has 2 unspecified atom stereocenters. The van der Waals surface area contributed by atoms with E-state index < -0.39 is 30.0 Å². The van der Waals surface area contributed by atoms with Crippen LogP contribution in [0.3, 0.4) is 0 Å². The standard InChI is InChI=1S/C12H23N3O4/c1-4-5-8(6-9(16)17)14-11(18)10(7(2)3)15-12(13)19/h7-8,10H,4-6H2,1-3H3,(H,14,18)(H,16,17)(H3,13,15,19). The number of hydrogen-bond acceptors (Lipinski definition) is 3. The van der Waals surface area contributed by atoms with Crippen LogP contribution in [-0.2, 0) is 9.59 Å². The second-order valence-electron chi connectivity index (χ2n) is 4.82. The van der Waals surface area contributed by atoms with Gasteiger partial charge in [0.05, 0.1) is 6.42 Å². The fraction of sp³-hybridized carbons (Fsp3) is 0.750. The van der Waals surface area contributed by atoms with Crippen molar-refractivity contribution >= 4 is 17.9 Å². The molecule has 0 aliphatic carbocycles. The third kappa shape index (κ3) is 7.28. The molecule has 0 aromatic rings. The van der Waals surface area contributed by atoms with Gasteiger partial charge in [-0.15, -0.1) is 0 Å². The van der Waals surface area contributed by atoms with Crippen molar-refractivity contribution in [2.45, 2.75) is 52.1 Å². The Hall–Kier alpha value is -1.79. The van der Waals surface area contributed by atoms with Crippen LogP contribution in [0.15, 0.2) is 0 Å². The lowest BCUT2D eigenvalue weighted by atomic mass is 10.0. The molecule has 0 radical (unpaired) electrons. The van der Waals surface area contributed by atoms with Gasteiger partial charge >= 0.3 is 12.0 Å². The van der Waals surface area contributed by atoms with Gasteiger partial charge in [0, 0.05) is 6.04 Å². The van der Waals surface area contributed by atoms with Crippen LogP contribution in [0.1, 0.15) is 40.0 Å². The summed E-state index contributed by atoms with van der Waals surface area (Å²) in [7, 11) is 0. The predicted octanol–water partition coefficient (Wildman–Crippen LogP) is 0.439. The first-order valence-electron chi connectivity index (χ1n) is 6.36. The Balaban J connectivity index is 4.64. The molecule has 0 aliphatic heterocycles. The quantitative estimate of drug-likeness (QED) is 0.512. The lowest BCUT2D eigenvalue weighted by Gasteiger charge is -2.24. The highest BCUT2D eigenvalue weighted by atomic mass is 16.4. The summed E-state index contributed by atoms with van der Waals surface area (Å²) in [5.41, 5.74) is 5.01. The van der Waals surface area contributed by atoms with Crippen LogP contribution in [0.25, 0.3) is 0 Å². The summed E-state index contributed by atoms with van der Waals surface area (Å²) in [6.07, 6.45) is 1.19. The normalized spacial score (nSPS) is 13.7. The number of primary amides is 1. The zero-order chi connectivity index (χ0) is 15.0. The molecule has 0 fully saturated rings. The third-order valence-electron chi connectivity index (χ3n) is 2.65. The maximum atomic E-state index is 12.0. The van der Waals surface area contributed by atoms with Crippen molar-refractivity contribution < 1.29 is 19.5 Å². The molecule has 2 atom stereocenters. The Morgan fingerprint density at radius 2 is 1.79 bits per heavy atom. The van der Waals surface area contributed by atoms with Gasteiger partial charge in [-0.3, -0.25) is 9.59 Å². The largest absolute Gasteiger partial charge is 0.481 e. The molecule has 5 N–H and O–H groups in total. The molecule has 0 bridgehead atoms. The van der Waals surface area contributed by atoms with Crippen molar-refractivity contribution in [3.8, 4) is 0 Å². The molecule has 110 valence electrons. The summed E-state index contributed by atoms with van der Waals surface area (Å²) < 4.78 is 0. The fourth-order valence-corrected chi connectivity index (χ4v) is 1.76. The number of carbonyl (C=O) groups excluding carboxylic acids is 2. The monoisotopic (exact) mass is 273 g/mol. The van der Waals surface area contributed by atoms with E-state index >= 15 is 0 Å². The second-order valence-corrected chi connectivity index (χ2v) is 4.82. The number of hydrogen-bond donors (Lipinski definition) is 4. The van der Waals surface area contributed by atoms with Gasteiger partial charge in [0.2, 0.25) is 5.91 Å². The minimum atomic E-state index is -0.970. The molecule has 0 heterocycles. The van der Waals surface area contributed by atoms with E-state index in [0.717, 1.165) is 6.42 Å². The maximum Gasteiger partial charge on any atom is 0.312 e. The minimum absolute atomic E-state index is 0.138. The number of nitrogens with one attached hydrogen (secondary N) is 2. The first-order valence-corrected chi connectivity index (χ1v) is 6.36. The topological polar surface area (TPSA) is 122 Å². The summed E-state index contributed by atoms with van der Waals surface area (Å²) in [5, 5.41) is 13.8. The Morgan fingerprint density at radius 3 is 2.16 bits per heavy atom. The maximum absolute atomic E-state index is 12.0. The minimum Gasteiger partial charge on any atom is -0.481 e. The van der Waals surface area contributed by atoms with Crippen LogP contribution in [-0.4, -0.2) is 35.1 Å². The Bertz CT molecular complexity index is 331. The predicted molar refractivity (Wildman–Crippen MR) is 70.4 cm³/mol. The van der Waals surface area contributed by atoms with Crippen molar-refractivity contribution in [3.63, 3.8) is 0 Å². The molecule has 0 aromatic heterocycles. The number of rotatable bonds is 8. The number of aliphatic carboxylic acids is 1. The van der Waals surface area contributed by atoms with Crippen LogP contribution in [0.5, 0.6) is 0 Å². The molecular formula is C12H23N3O4. The molecule has 0 rings (SSSR count). The molecule has 0 aromatic carbocycles. The van der Waals surface area contributed by atoms with Gasteiger partial charge in [-0.05, 0) is 12.3 Å². The van der Waals surface area contributed by atoms with Crippen LogP contribution in [0.2, 0.25) is 0 Å². The van der Waals surface area contributed by atoms with Crippen molar-refractivity contribution in [2.75, 3.05) is 0 Å². The Labute approximate surface area is 112 Å². The van der Waals surface area contributed by atoms with Gasteiger partial charge in [-0.25, -0.2) is 4.79 Å². The van der Waals surface area contributed by atoms with E-state index in [1.807, 2.05) is 6.92 Å². The third-order valence-corrected chi connectivity index (χ3v) is 2.65. The molecule has 7 heteroatoms. The van der Waals surface area contributed by atoms with Crippen LogP contribution in [0.4, 0.5) is 4.79 Å².